The molecule has 1 heterocycles. The number of aryl methyl sites for hydroxylation is 1. The minimum atomic E-state index is -3.80. The topological polar surface area (TPSA) is 50.5 Å². The Morgan fingerprint density at radius 2 is 2.00 bits per heavy atom. The zero-order valence-electron chi connectivity index (χ0n) is 10.9. The van der Waals surface area contributed by atoms with Gasteiger partial charge < -0.3 is 4.42 Å². The molecule has 0 spiro atoms. The summed E-state index contributed by atoms with van der Waals surface area (Å²) < 4.78 is 44.1. The summed E-state index contributed by atoms with van der Waals surface area (Å²) in [5.74, 6) is 0.635. The van der Waals surface area contributed by atoms with Crippen LogP contribution in [0.1, 0.15) is 11.5 Å². The van der Waals surface area contributed by atoms with Crippen molar-refractivity contribution in [2.75, 3.05) is 7.05 Å². The molecular weight excluding hydrogens is 305 g/mol. The van der Waals surface area contributed by atoms with Crippen molar-refractivity contribution in [3.05, 3.63) is 52.7 Å². The van der Waals surface area contributed by atoms with Crippen LogP contribution < -0.4 is 0 Å². The standard InChI is InChI=1S/C13H13ClFNO3S/c1-9-3-5-11(19-9)8-16(2)20(17,18)13-6-4-10(15)7-12(13)14/h3-7H,8H2,1-2H3. The maximum absolute atomic E-state index is 13.0. The molecule has 0 aliphatic heterocycles. The summed E-state index contributed by atoms with van der Waals surface area (Å²) in [4.78, 5) is -0.133. The van der Waals surface area contributed by atoms with E-state index < -0.39 is 15.8 Å². The van der Waals surface area contributed by atoms with E-state index in [0.29, 0.717) is 11.5 Å². The van der Waals surface area contributed by atoms with E-state index in [9.17, 15) is 12.8 Å². The summed E-state index contributed by atoms with van der Waals surface area (Å²) >= 11 is 5.80. The first-order valence-corrected chi connectivity index (χ1v) is 7.59. The number of hydrogen-bond donors (Lipinski definition) is 0. The van der Waals surface area contributed by atoms with Gasteiger partial charge in [0.15, 0.2) is 0 Å². The number of halogens is 2. The second kappa shape index (κ2) is 5.55. The van der Waals surface area contributed by atoms with Gasteiger partial charge in [0, 0.05) is 7.05 Å². The molecule has 0 aliphatic rings. The summed E-state index contributed by atoms with van der Waals surface area (Å²) in [6, 6.07) is 6.63. The van der Waals surface area contributed by atoms with Crippen molar-refractivity contribution in [1.29, 1.82) is 0 Å². The van der Waals surface area contributed by atoms with E-state index in [1.165, 1.54) is 7.05 Å². The Kier molecular flexibility index (Phi) is 4.17. The third-order valence-corrected chi connectivity index (χ3v) is 5.04. The van der Waals surface area contributed by atoms with Gasteiger partial charge in [0.05, 0.1) is 11.6 Å². The van der Waals surface area contributed by atoms with E-state index in [2.05, 4.69) is 0 Å². The highest BCUT2D eigenvalue weighted by atomic mass is 35.5. The van der Waals surface area contributed by atoms with Gasteiger partial charge in [0.1, 0.15) is 22.2 Å². The van der Waals surface area contributed by atoms with Gasteiger partial charge in [-0.3, -0.25) is 0 Å². The van der Waals surface area contributed by atoms with Gasteiger partial charge in [-0.15, -0.1) is 0 Å². The van der Waals surface area contributed by atoms with E-state index in [-0.39, 0.29) is 16.5 Å². The van der Waals surface area contributed by atoms with Crippen molar-refractivity contribution < 1.29 is 17.2 Å². The Morgan fingerprint density at radius 1 is 1.30 bits per heavy atom. The largest absolute Gasteiger partial charge is 0.465 e. The average Bonchev–Trinajstić information content (AvgIpc) is 2.74. The van der Waals surface area contributed by atoms with Gasteiger partial charge in [-0.2, -0.15) is 4.31 Å². The van der Waals surface area contributed by atoms with Crippen molar-refractivity contribution in [3.8, 4) is 0 Å². The first-order valence-electron chi connectivity index (χ1n) is 5.77. The Bertz CT molecular complexity index is 727. The van der Waals surface area contributed by atoms with E-state index in [4.69, 9.17) is 16.0 Å². The van der Waals surface area contributed by atoms with Gasteiger partial charge in [0.25, 0.3) is 0 Å². The maximum Gasteiger partial charge on any atom is 0.244 e. The first kappa shape index (κ1) is 15.0. The highest BCUT2D eigenvalue weighted by Gasteiger charge is 2.24. The second-order valence-corrected chi connectivity index (χ2v) is 6.77. The number of hydrogen-bond acceptors (Lipinski definition) is 3. The molecule has 0 saturated carbocycles. The predicted molar refractivity (Wildman–Crippen MR) is 73.5 cm³/mol. The van der Waals surface area contributed by atoms with E-state index in [1.807, 2.05) is 0 Å². The molecule has 0 saturated heterocycles. The number of benzene rings is 1. The maximum atomic E-state index is 13.0. The van der Waals surface area contributed by atoms with Crippen LogP contribution in [0.4, 0.5) is 4.39 Å². The molecule has 108 valence electrons. The number of rotatable bonds is 4. The van der Waals surface area contributed by atoms with Gasteiger partial charge in [-0.1, -0.05) is 11.6 Å². The van der Waals surface area contributed by atoms with Gasteiger partial charge in [-0.25, -0.2) is 12.8 Å². The van der Waals surface area contributed by atoms with E-state index in [0.717, 1.165) is 22.5 Å². The van der Waals surface area contributed by atoms with Crippen molar-refractivity contribution in [1.82, 2.24) is 4.31 Å². The third kappa shape index (κ3) is 3.03. The number of sulfonamides is 1. The van der Waals surface area contributed by atoms with Crippen LogP contribution in [0.3, 0.4) is 0 Å². The lowest BCUT2D eigenvalue weighted by Gasteiger charge is -2.16. The molecular formula is C13H13ClFNO3S. The van der Waals surface area contributed by atoms with Crippen LogP contribution in [0.25, 0.3) is 0 Å². The molecule has 20 heavy (non-hydrogen) atoms. The SMILES string of the molecule is Cc1ccc(CN(C)S(=O)(=O)c2ccc(F)cc2Cl)o1. The monoisotopic (exact) mass is 317 g/mol. The van der Waals surface area contributed by atoms with Crippen LogP contribution >= 0.6 is 11.6 Å². The fraction of sp³-hybridized carbons (Fsp3) is 0.231. The zero-order chi connectivity index (χ0) is 14.9. The van der Waals surface area contributed by atoms with Gasteiger partial charge in [-0.05, 0) is 37.3 Å². The fourth-order valence-corrected chi connectivity index (χ4v) is 3.36. The lowest BCUT2D eigenvalue weighted by Crippen LogP contribution is -2.26. The predicted octanol–water partition coefficient (Wildman–Crippen LogP) is 3.20. The average molecular weight is 318 g/mol. The first-order chi connectivity index (χ1) is 9.30. The van der Waals surface area contributed by atoms with Crippen molar-refractivity contribution >= 4 is 21.6 Å². The van der Waals surface area contributed by atoms with Crippen molar-refractivity contribution in [2.45, 2.75) is 18.4 Å². The minimum Gasteiger partial charge on any atom is -0.465 e. The molecule has 0 bridgehead atoms. The summed E-state index contributed by atoms with van der Waals surface area (Å²) in [6.45, 7) is 1.85. The van der Waals surface area contributed by atoms with Crippen molar-refractivity contribution in [3.63, 3.8) is 0 Å². The fourth-order valence-electron chi connectivity index (χ4n) is 1.73. The Hall–Kier alpha value is -1.37. The highest BCUT2D eigenvalue weighted by Crippen LogP contribution is 2.25. The van der Waals surface area contributed by atoms with Crippen LogP contribution in [0, 0.1) is 12.7 Å². The minimum absolute atomic E-state index is 0.0733. The molecule has 0 radical (unpaired) electrons. The molecule has 0 atom stereocenters. The zero-order valence-corrected chi connectivity index (χ0v) is 12.5. The smallest absolute Gasteiger partial charge is 0.244 e. The molecule has 0 unspecified atom stereocenters. The molecule has 1 aromatic heterocycles. The van der Waals surface area contributed by atoms with Crippen LogP contribution in [0.5, 0.6) is 0 Å². The quantitative estimate of drug-likeness (QED) is 0.870. The number of furan rings is 1. The van der Waals surface area contributed by atoms with Crippen LogP contribution in [-0.2, 0) is 16.6 Å². The molecule has 2 rings (SSSR count). The molecule has 0 aliphatic carbocycles. The summed E-state index contributed by atoms with van der Waals surface area (Å²) in [6.07, 6.45) is 0. The number of nitrogens with zero attached hydrogens (tertiary/aromatic N) is 1. The third-order valence-electron chi connectivity index (χ3n) is 2.76. The summed E-state index contributed by atoms with van der Waals surface area (Å²) in [5.41, 5.74) is 0. The molecule has 0 fully saturated rings. The highest BCUT2D eigenvalue weighted by molar-refractivity contribution is 7.89. The molecule has 0 amide bonds. The molecule has 1 aromatic carbocycles. The van der Waals surface area contributed by atoms with Gasteiger partial charge in [0.2, 0.25) is 10.0 Å². The molecule has 2 aromatic rings. The van der Waals surface area contributed by atoms with Crippen LogP contribution in [0.15, 0.2) is 39.6 Å². The summed E-state index contributed by atoms with van der Waals surface area (Å²) in [7, 11) is -2.39. The van der Waals surface area contributed by atoms with E-state index >= 15 is 0 Å². The van der Waals surface area contributed by atoms with Gasteiger partial charge >= 0.3 is 0 Å². The Labute approximate surface area is 121 Å². The van der Waals surface area contributed by atoms with Crippen LogP contribution in [0.2, 0.25) is 5.02 Å². The van der Waals surface area contributed by atoms with E-state index in [1.54, 1.807) is 19.1 Å². The van der Waals surface area contributed by atoms with Crippen LogP contribution in [-0.4, -0.2) is 19.8 Å². The molecule has 0 N–H and O–H groups in total. The second-order valence-electron chi connectivity index (χ2n) is 4.35. The lowest BCUT2D eigenvalue weighted by atomic mass is 10.3. The molecule has 4 nitrogen and oxygen atoms in total. The Morgan fingerprint density at radius 3 is 2.55 bits per heavy atom. The molecule has 7 heteroatoms. The summed E-state index contributed by atoms with van der Waals surface area (Å²) in [5, 5.41) is -0.146. The Balaban J connectivity index is 2.29. The normalized spacial score (nSPS) is 12.1. The lowest BCUT2D eigenvalue weighted by molar-refractivity contribution is 0.397. The van der Waals surface area contributed by atoms with Crippen molar-refractivity contribution in [2.24, 2.45) is 0 Å².